The van der Waals surface area contributed by atoms with Gasteiger partial charge in [-0.1, -0.05) is 0 Å². The van der Waals surface area contributed by atoms with Crippen molar-refractivity contribution in [3.8, 4) is 0 Å². The third kappa shape index (κ3) is 1.44. The predicted octanol–water partition coefficient (Wildman–Crippen LogP) is -0.650. The number of amides is 1. The molecule has 0 radical (unpaired) electrons. The Labute approximate surface area is 78.4 Å². The van der Waals surface area contributed by atoms with E-state index in [1.165, 1.54) is 0 Å². The van der Waals surface area contributed by atoms with Gasteiger partial charge < -0.3 is 14.5 Å². The molecule has 0 saturated carbocycles. The van der Waals surface area contributed by atoms with Crippen LogP contribution in [0.3, 0.4) is 0 Å². The van der Waals surface area contributed by atoms with E-state index in [1.807, 2.05) is 0 Å². The Morgan fingerprint density at radius 2 is 2.08 bits per heavy atom. The van der Waals surface area contributed by atoms with Crippen molar-refractivity contribution >= 4 is 5.91 Å². The summed E-state index contributed by atoms with van der Waals surface area (Å²) in [4.78, 5) is 11.3. The van der Waals surface area contributed by atoms with Crippen molar-refractivity contribution in [2.24, 2.45) is 0 Å². The molecule has 0 aliphatic carbocycles. The van der Waals surface area contributed by atoms with E-state index in [4.69, 9.17) is 4.74 Å². The van der Waals surface area contributed by atoms with E-state index in [9.17, 15) is 4.79 Å². The molecule has 2 aliphatic rings. The SMILES string of the molecule is C[N+]1(C)[C@@H]2CNC(=O)C[C@@H]1COC2. The molecule has 0 aromatic rings. The van der Waals surface area contributed by atoms with Crippen LogP contribution in [0.2, 0.25) is 0 Å². The first-order valence-corrected chi connectivity index (χ1v) is 4.78. The second-order valence-corrected chi connectivity index (χ2v) is 4.48. The summed E-state index contributed by atoms with van der Waals surface area (Å²) >= 11 is 0. The highest BCUT2D eigenvalue weighted by molar-refractivity contribution is 5.76. The lowest BCUT2D eigenvalue weighted by atomic mass is 10.1. The monoisotopic (exact) mass is 185 g/mol. The number of hydrogen-bond acceptors (Lipinski definition) is 2. The first kappa shape index (κ1) is 8.97. The highest BCUT2D eigenvalue weighted by Crippen LogP contribution is 2.23. The third-order valence-corrected chi connectivity index (χ3v) is 3.46. The van der Waals surface area contributed by atoms with E-state index in [-0.39, 0.29) is 5.91 Å². The maximum Gasteiger partial charge on any atom is 0.226 e. The van der Waals surface area contributed by atoms with Crippen LogP contribution in [0, 0.1) is 0 Å². The molecule has 0 aromatic heterocycles. The fraction of sp³-hybridized carbons (Fsp3) is 0.889. The minimum absolute atomic E-state index is 0.171. The van der Waals surface area contributed by atoms with Crippen LogP contribution in [-0.4, -0.2) is 56.3 Å². The molecule has 0 spiro atoms. The Morgan fingerprint density at radius 1 is 1.38 bits per heavy atom. The number of nitrogens with zero attached hydrogens (tertiary/aromatic N) is 1. The fourth-order valence-electron chi connectivity index (χ4n) is 2.13. The second-order valence-electron chi connectivity index (χ2n) is 4.48. The van der Waals surface area contributed by atoms with Gasteiger partial charge in [-0.15, -0.1) is 0 Å². The van der Waals surface area contributed by atoms with Crippen molar-refractivity contribution in [1.29, 1.82) is 0 Å². The minimum atomic E-state index is 0.171. The zero-order valence-corrected chi connectivity index (χ0v) is 8.25. The third-order valence-electron chi connectivity index (χ3n) is 3.46. The van der Waals surface area contributed by atoms with Gasteiger partial charge in [0.25, 0.3) is 0 Å². The van der Waals surface area contributed by atoms with Crippen molar-refractivity contribution in [1.82, 2.24) is 5.32 Å². The van der Waals surface area contributed by atoms with Gasteiger partial charge in [-0.3, -0.25) is 4.79 Å². The summed E-state index contributed by atoms with van der Waals surface area (Å²) in [6, 6.07) is 0.756. The summed E-state index contributed by atoms with van der Waals surface area (Å²) in [5.74, 6) is 0.171. The molecular weight excluding hydrogens is 168 g/mol. The Bertz CT molecular complexity index is 228. The quantitative estimate of drug-likeness (QED) is 0.509. The van der Waals surface area contributed by atoms with E-state index >= 15 is 0 Å². The van der Waals surface area contributed by atoms with E-state index in [0.717, 1.165) is 24.2 Å². The Hall–Kier alpha value is -0.610. The van der Waals surface area contributed by atoms with Crippen LogP contribution in [0.1, 0.15) is 6.42 Å². The maximum absolute atomic E-state index is 11.3. The van der Waals surface area contributed by atoms with Crippen molar-refractivity contribution in [3.05, 3.63) is 0 Å². The fourth-order valence-corrected chi connectivity index (χ4v) is 2.13. The predicted molar refractivity (Wildman–Crippen MR) is 48.1 cm³/mol. The number of ether oxygens (including phenoxy) is 1. The zero-order chi connectivity index (χ0) is 9.47. The van der Waals surface area contributed by atoms with Gasteiger partial charge in [0.05, 0.1) is 33.7 Å². The molecule has 4 nitrogen and oxygen atoms in total. The van der Waals surface area contributed by atoms with Gasteiger partial charge in [-0.05, 0) is 0 Å². The Kier molecular flexibility index (Phi) is 2.04. The highest BCUT2D eigenvalue weighted by Gasteiger charge is 2.43. The summed E-state index contributed by atoms with van der Waals surface area (Å²) in [6.45, 7) is 2.24. The van der Waals surface area contributed by atoms with Crippen molar-refractivity contribution in [2.45, 2.75) is 18.5 Å². The van der Waals surface area contributed by atoms with Crippen LogP contribution in [0.15, 0.2) is 0 Å². The standard InChI is InChI=1S/C9H16N2O2/c1-11(2)7-3-9(12)10-4-8(11)6-13-5-7/h7-8H,3-6H2,1-2H3/p+1/t7-,8-/m1/s1. The first-order valence-electron chi connectivity index (χ1n) is 4.78. The van der Waals surface area contributed by atoms with Crippen LogP contribution in [-0.2, 0) is 9.53 Å². The Morgan fingerprint density at radius 3 is 2.85 bits per heavy atom. The summed E-state index contributed by atoms with van der Waals surface area (Å²) in [5.41, 5.74) is 0. The molecule has 2 aliphatic heterocycles. The molecular formula is C9H17N2O2+. The lowest BCUT2D eigenvalue weighted by Crippen LogP contribution is -2.63. The van der Waals surface area contributed by atoms with Crippen molar-refractivity contribution in [2.75, 3.05) is 33.9 Å². The number of carbonyl (C=O) groups is 1. The van der Waals surface area contributed by atoms with Crippen LogP contribution in [0.5, 0.6) is 0 Å². The first-order chi connectivity index (χ1) is 6.10. The van der Waals surface area contributed by atoms with Gasteiger partial charge in [-0.25, -0.2) is 0 Å². The molecule has 2 rings (SSSR count). The van der Waals surface area contributed by atoms with E-state index in [2.05, 4.69) is 19.4 Å². The summed E-state index contributed by atoms with van der Waals surface area (Å²) in [6.07, 6.45) is 0.601. The topological polar surface area (TPSA) is 38.3 Å². The van der Waals surface area contributed by atoms with Crippen LogP contribution >= 0.6 is 0 Å². The number of hydrogen-bond donors (Lipinski definition) is 1. The Balaban J connectivity index is 2.24. The number of nitrogens with one attached hydrogen (secondary N) is 1. The number of likely N-dealkylation sites (N-methyl/N-ethyl adjacent to an activating group) is 1. The van der Waals surface area contributed by atoms with Crippen LogP contribution in [0.4, 0.5) is 0 Å². The summed E-state index contributed by atoms with van der Waals surface area (Å²) < 4.78 is 6.41. The molecule has 1 amide bonds. The second kappa shape index (κ2) is 2.96. The number of carbonyl (C=O) groups excluding carboxylic acids is 1. The van der Waals surface area contributed by atoms with Crippen molar-refractivity contribution in [3.63, 3.8) is 0 Å². The maximum atomic E-state index is 11.3. The lowest BCUT2D eigenvalue weighted by Gasteiger charge is -2.45. The lowest BCUT2D eigenvalue weighted by molar-refractivity contribution is -0.944. The zero-order valence-electron chi connectivity index (χ0n) is 8.25. The summed E-state index contributed by atoms with van der Waals surface area (Å²) in [5, 5.41) is 2.94. The molecule has 2 bridgehead atoms. The van der Waals surface area contributed by atoms with E-state index in [0.29, 0.717) is 18.5 Å². The molecule has 2 heterocycles. The van der Waals surface area contributed by atoms with Crippen molar-refractivity contribution < 1.29 is 14.0 Å². The largest absolute Gasteiger partial charge is 0.369 e. The molecule has 2 fully saturated rings. The normalized spacial score (nSPS) is 37.8. The molecule has 74 valence electrons. The molecule has 0 unspecified atom stereocenters. The molecule has 2 saturated heterocycles. The van der Waals surface area contributed by atoms with Gasteiger partial charge in [0.2, 0.25) is 5.91 Å². The van der Waals surface area contributed by atoms with E-state index < -0.39 is 0 Å². The smallest absolute Gasteiger partial charge is 0.226 e. The van der Waals surface area contributed by atoms with Gasteiger partial charge in [0.15, 0.2) is 0 Å². The van der Waals surface area contributed by atoms with Crippen LogP contribution < -0.4 is 5.32 Å². The van der Waals surface area contributed by atoms with Gasteiger partial charge >= 0.3 is 0 Å². The molecule has 1 N–H and O–H groups in total. The summed E-state index contributed by atoms with van der Waals surface area (Å²) in [7, 11) is 4.39. The number of quaternary nitrogens is 1. The number of rotatable bonds is 0. The van der Waals surface area contributed by atoms with Gasteiger partial charge in [0, 0.05) is 0 Å². The van der Waals surface area contributed by atoms with Crippen LogP contribution in [0.25, 0.3) is 0 Å². The van der Waals surface area contributed by atoms with E-state index in [1.54, 1.807) is 0 Å². The molecule has 4 heteroatoms. The molecule has 13 heavy (non-hydrogen) atoms. The molecule has 2 atom stereocenters. The average Bonchev–Trinajstić information content (AvgIpc) is 2.17. The minimum Gasteiger partial charge on any atom is -0.369 e. The molecule has 0 aromatic carbocycles. The highest BCUT2D eigenvalue weighted by atomic mass is 16.5. The number of fused-ring (bicyclic) bond motifs is 2. The average molecular weight is 185 g/mol. The van der Waals surface area contributed by atoms with Gasteiger partial charge in [0.1, 0.15) is 18.7 Å². The van der Waals surface area contributed by atoms with Gasteiger partial charge in [-0.2, -0.15) is 0 Å². The number of morpholine rings is 1.